The van der Waals surface area contributed by atoms with Crippen molar-refractivity contribution in [1.29, 1.82) is 0 Å². The van der Waals surface area contributed by atoms with Crippen molar-refractivity contribution in [2.75, 3.05) is 5.32 Å². The van der Waals surface area contributed by atoms with E-state index in [2.05, 4.69) is 25.2 Å². The monoisotopic (exact) mass is 359 g/mol. The lowest BCUT2D eigenvalue weighted by Gasteiger charge is -2.20. The van der Waals surface area contributed by atoms with Crippen molar-refractivity contribution >= 4 is 23.4 Å². The summed E-state index contributed by atoms with van der Waals surface area (Å²) in [7, 11) is 0. The van der Waals surface area contributed by atoms with E-state index in [1.165, 1.54) is 12.1 Å². The molecule has 2 rings (SSSR count). The second-order valence-electron chi connectivity index (χ2n) is 6.66. The zero-order valence-corrected chi connectivity index (χ0v) is 16.3. The summed E-state index contributed by atoms with van der Waals surface area (Å²) >= 11 is 1.57. The summed E-state index contributed by atoms with van der Waals surface area (Å²) in [5.41, 5.74) is 4.16. The summed E-state index contributed by atoms with van der Waals surface area (Å²) in [6.07, 6.45) is 0. The van der Waals surface area contributed by atoms with Crippen LogP contribution in [0.25, 0.3) is 0 Å². The molecule has 134 valence electrons. The standard InChI is InChI=1S/C21H26FNOS/c1-13(2)19-8-6-7-14(3)20(19)23-21(24)16(5)25-15(4)17-9-11-18(22)12-10-17/h6-13,15-16H,1-5H3,(H,23,24). The van der Waals surface area contributed by atoms with E-state index in [1.54, 1.807) is 23.9 Å². The number of amides is 1. The predicted octanol–water partition coefficient (Wildman–Crippen LogP) is 6.08. The summed E-state index contributed by atoms with van der Waals surface area (Å²) in [5, 5.41) is 3.01. The molecule has 0 aliphatic carbocycles. The van der Waals surface area contributed by atoms with Gasteiger partial charge in [-0.1, -0.05) is 44.2 Å². The maximum absolute atomic E-state index is 13.1. The van der Waals surface area contributed by atoms with Crippen LogP contribution in [0.3, 0.4) is 0 Å². The Balaban J connectivity index is 2.07. The van der Waals surface area contributed by atoms with Crippen LogP contribution in [-0.2, 0) is 4.79 Å². The van der Waals surface area contributed by atoms with Gasteiger partial charge in [0.2, 0.25) is 5.91 Å². The molecule has 0 fully saturated rings. The van der Waals surface area contributed by atoms with Gasteiger partial charge >= 0.3 is 0 Å². The van der Waals surface area contributed by atoms with Crippen molar-refractivity contribution < 1.29 is 9.18 Å². The first-order valence-electron chi connectivity index (χ1n) is 8.61. The number of anilines is 1. The molecule has 2 unspecified atom stereocenters. The molecule has 0 aliphatic heterocycles. The van der Waals surface area contributed by atoms with E-state index in [0.717, 1.165) is 22.4 Å². The van der Waals surface area contributed by atoms with Crippen LogP contribution in [0.4, 0.5) is 10.1 Å². The minimum absolute atomic E-state index is 0.00448. The molecule has 2 atom stereocenters. The normalized spacial score (nSPS) is 13.6. The van der Waals surface area contributed by atoms with E-state index < -0.39 is 0 Å². The molecule has 0 bridgehead atoms. The minimum Gasteiger partial charge on any atom is -0.325 e. The van der Waals surface area contributed by atoms with Gasteiger partial charge in [0.25, 0.3) is 0 Å². The molecule has 2 aromatic carbocycles. The molecule has 0 saturated carbocycles. The van der Waals surface area contributed by atoms with Gasteiger partial charge in [0.1, 0.15) is 5.82 Å². The van der Waals surface area contributed by atoms with Crippen molar-refractivity contribution in [3.8, 4) is 0 Å². The molecule has 0 radical (unpaired) electrons. The van der Waals surface area contributed by atoms with Gasteiger partial charge in [0.15, 0.2) is 0 Å². The number of hydrogen-bond acceptors (Lipinski definition) is 2. The number of halogens is 1. The number of benzene rings is 2. The lowest BCUT2D eigenvalue weighted by molar-refractivity contribution is -0.115. The third-order valence-corrected chi connectivity index (χ3v) is 5.59. The van der Waals surface area contributed by atoms with Gasteiger partial charge in [-0.2, -0.15) is 0 Å². The lowest BCUT2D eigenvalue weighted by atomic mass is 9.98. The largest absolute Gasteiger partial charge is 0.325 e. The SMILES string of the molecule is Cc1cccc(C(C)C)c1NC(=O)C(C)SC(C)c1ccc(F)cc1. The zero-order valence-electron chi connectivity index (χ0n) is 15.5. The summed E-state index contributed by atoms with van der Waals surface area (Å²) in [5.74, 6) is 0.0963. The number of thioether (sulfide) groups is 1. The number of aryl methyl sites for hydroxylation is 1. The molecule has 0 aromatic heterocycles. The zero-order chi connectivity index (χ0) is 18.6. The van der Waals surface area contributed by atoms with Gasteiger partial charge < -0.3 is 5.32 Å². The first-order chi connectivity index (χ1) is 11.8. The highest BCUT2D eigenvalue weighted by molar-refractivity contribution is 8.00. The quantitative estimate of drug-likeness (QED) is 0.677. The molecule has 4 heteroatoms. The molecule has 2 aromatic rings. The molecular formula is C21H26FNOS. The van der Waals surface area contributed by atoms with E-state index in [4.69, 9.17) is 0 Å². The number of carbonyl (C=O) groups excluding carboxylic acids is 1. The minimum atomic E-state index is -0.243. The number of rotatable bonds is 6. The third kappa shape index (κ3) is 5.08. The Morgan fingerprint density at radius 2 is 1.68 bits per heavy atom. The summed E-state index contributed by atoms with van der Waals surface area (Å²) in [6.45, 7) is 10.2. The maximum atomic E-state index is 13.1. The molecule has 2 nitrogen and oxygen atoms in total. The Morgan fingerprint density at radius 1 is 1.04 bits per heavy atom. The van der Waals surface area contributed by atoms with E-state index in [9.17, 15) is 9.18 Å². The van der Waals surface area contributed by atoms with Crippen molar-refractivity contribution in [3.63, 3.8) is 0 Å². The highest BCUT2D eigenvalue weighted by atomic mass is 32.2. The molecule has 0 saturated heterocycles. The average molecular weight is 360 g/mol. The van der Waals surface area contributed by atoms with Crippen molar-refractivity contribution in [2.45, 2.75) is 51.0 Å². The van der Waals surface area contributed by atoms with E-state index in [1.807, 2.05) is 32.9 Å². The molecule has 0 spiro atoms. The highest BCUT2D eigenvalue weighted by Gasteiger charge is 2.20. The third-order valence-electron chi connectivity index (χ3n) is 4.29. The molecule has 1 amide bonds. The molecule has 25 heavy (non-hydrogen) atoms. The average Bonchev–Trinajstić information content (AvgIpc) is 2.56. The lowest BCUT2D eigenvalue weighted by Crippen LogP contribution is -2.24. The fourth-order valence-corrected chi connectivity index (χ4v) is 3.86. The van der Waals surface area contributed by atoms with Crippen molar-refractivity contribution in [1.82, 2.24) is 0 Å². The first-order valence-corrected chi connectivity index (χ1v) is 9.55. The van der Waals surface area contributed by atoms with Gasteiger partial charge in [-0.25, -0.2) is 4.39 Å². The van der Waals surface area contributed by atoms with Crippen LogP contribution < -0.4 is 5.32 Å². The Bertz CT molecular complexity index is 727. The van der Waals surface area contributed by atoms with Crippen molar-refractivity contribution in [3.05, 3.63) is 65.0 Å². The van der Waals surface area contributed by atoms with Gasteiger partial charge in [-0.15, -0.1) is 11.8 Å². The van der Waals surface area contributed by atoms with Crippen LogP contribution in [0.5, 0.6) is 0 Å². The second kappa shape index (κ2) is 8.52. The van der Waals surface area contributed by atoms with Crippen LogP contribution in [0.1, 0.15) is 55.6 Å². The highest BCUT2D eigenvalue weighted by Crippen LogP contribution is 2.33. The van der Waals surface area contributed by atoms with Crippen LogP contribution >= 0.6 is 11.8 Å². The summed E-state index contributed by atoms with van der Waals surface area (Å²) < 4.78 is 13.1. The second-order valence-corrected chi connectivity index (χ2v) is 8.34. The Labute approximate surface area is 154 Å². The fourth-order valence-electron chi connectivity index (χ4n) is 2.75. The molecule has 1 N–H and O–H groups in total. The van der Waals surface area contributed by atoms with Crippen LogP contribution in [0.15, 0.2) is 42.5 Å². The first kappa shape index (κ1) is 19.5. The number of nitrogens with one attached hydrogen (secondary N) is 1. The molecule has 0 heterocycles. The molecule has 0 aliphatic rings. The Morgan fingerprint density at radius 3 is 2.28 bits per heavy atom. The Hall–Kier alpha value is -1.81. The maximum Gasteiger partial charge on any atom is 0.237 e. The summed E-state index contributed by atoms with van der Waals surface area (Å²) in [6, 6.07) is 12.6. The van der Waals surface area contributed by atoms with Gasteiger partial charge in [0.05, 0.1) is 5.25 Å². The van der Waals surface area contributed by atoms with E-state index in [-0.39, 0.29) is 22.2 Å². The van der Waals surface area contributed by atoms with Gasteiger partial charge in [0, 0.05) is 10.9 Å². The van der Waals surface area contributed by atoms with Gasteiger partial charge in [-0.05, 0) is 55.5 Å². The van der Waals surface area contributed by atoms with Crippen LogP contribution in [0, 0.1) is 12.7 Å². The Kier molecular flexibility index (Phi) is 6.65. The van der Waals surface area contributed by atoms with Gasteiger partial charge in [-0.3, -0.25) is 4.79 Å². The molecular weight excluding hydrogens is 333 g/mol. The van der Waals surface area contributed by atoms with Crippen LogP contribution in [-0.4, -0.2) is 11.2 Å². The van der Waals surface area contributed by atoms with Crippen LogP contribution in [0.2, 0.25) is 0 Å². The van der Waals surface area contributed by atoms with Crippen molar-refractivity contribution in [2.24, 2.45) is 0 Å². The smallest absolute Gasteiger partial charge is 0.237 e. The number of para-hydroxylation sites is 1. The summed E-state index contributed by atoms with van der Waals surface area (Å²) in [4.78, 5) is 12.7. The number of carbonyl (C=O) groups is 1. The topological polar surface area (TPSA) is 29.1 Å². The fraction of sp³-hybridized carbons (Fsp3) is 0.381. The van der Waals surface area contributed by atoms with E-state index >= 15 is 0 Å². The number of hydrogen-bond donors (Lipinski definition) is 1. The van der Waals surface area contributed by atoms with E-state index in [0.29, 0.717) is 5.92 Å². The predicted molar refractivity (Wildman–Crippen MR) is 106 cm³/mol.